The average molecular weight is 423 g/mol. The highest BCUT2D eigenvalue weighted by atomic mass is 32.2. The molecule has 0 bridgehead atoms. The summed E-state index contributed by atoms with van der Waals surface area (Å²) in [5.41, 5.74) is 1.99. The third-order valence-corrected chi connectivity index (χ3v) is 6.04. The predicted molar refractivity (Wildman–Crippen MR) is 115 cm³/mol. The fraction of sp³-hybridized carbons (Fsp3) is 0.273. The number of hydrogen-bond donors (Lipinski definition) is 0. The van der Waals surface area contributed by atoms with E-state index in [0.29, 0.717) is 18.3 Å². The standard InChI is InChI=1S/C22H22N4O3S/c1-16-11-12-26(19-9-5-6-10-20(19)30-16)21(27)15-29-22(28)18-14-25(24-23-18)13-17-7-3-2-4-8-17/h2-10,14,16H,11-13,15H2,1H3. The highest BCUT2D eigenvalue weighted by Crippen LogP contribution is 2.37. The predicted octanol–water partition coefficient (Wildman–Crippen LogP) is 3.40. The van der Waals surface area contributed by atoms with Crippen LogP contribution in [0.25, 0.3) is 0 Å². The summed E-state index contributed by atoms with van der Waals surface area (Å²) in [6, 6.07) is 17.6. The number of anilines is 1. The zero-order valence-electron chi connectivity index (χ0n) is 16.6. The molecular formula is C22H22N4O3S. The summed E-state index contributed by atoms with van der Waals surface area (Å²) in [4.78, 5) is 27.9. The molecule has 0 aliphatic carbocycles. The van der Waals surface area contributed by atoms with Crippen LogP contribution in [0.3, 0.4) is 0 Å². The molecular weight excluding hydrogens is 400 g/mol. The molecule has 0 radical (unpaired) electrons. The Morgan fingerprint density at radius 1 is 1.13 bits per heavy atom. The van der Waals surface area contributed by atoms with Gasteiger partial charge in [-0.25, -0.2) is 9.48 Å². The van der Waals surface area contributed by atoms with E-state index in [0.717, 1.165) is 22.6 Å². The summed E-state index contributed by atoms with van der Waals surface area (Å²) in [6.07, 6.45) is 2.40. The monoisotopic (exact) mass is 422 g/mol. The third kappa shape index (κ3) is 4.71. The van der Waals surface area contributed by atoms with Gasteiger partial charge < -0.3 is 9.64 Å². The number of ether oxygens (including phenoxy) is 1. The number of fused-ring (bicyclic) bond motifs is 1. The first-order valence-corrected chi connectivity index (χ1v) is 10.7. The Morgan fingerprint density at radius 3 is 2.73 bits per heavy atom. The maximum atomic E-state index is 12.8. The molecule has 1 aromatic heterocycles. The highest BCUT2D eigenvalue weighted by Gasteiger charge is 2.25. The van der Waals surface area contributed by atoms with Crippen LogP contribution in [-0.2, 0) is 16.1 Å². The minimum Gasteiger partial charge on any atom is -0.451 e. The number of nitrogens with zero attached hydrogens (tertiary/aromatic N) is 4. The van der Waals surface area contributed by atoms with Crippen molar-refractivity contribution in [1.29, 1.82) is 0 Å². The highest BCUT2D eigenvalue weighted by molar-refractivity contribution is 8.00. The molecule has 0 N–H and O–H groups in total. The molecule has 7 nitrogen and oxygen atoms in total. The number of thioether (sulfide) groups is 1. The van der Waals surface area contributed by atoms with Crippen molar-refractivity contribution in [1.82, 2.24) is 15.0 Å². The van der Waals surface area contributed by atoms with Crippen molar-refractivity contribution >= 4 is 29.3 Å². The van der Waals surface area contributed by atoms with Crippen molar-refractivity contribution in [3.05, 3.63) is 72.1 Å². The maximum Gasteiger partial charge on any atom is 0.361 e. The van der Waals surface area contributed by atoms with Crippen molar-refractivity contribution in [3.8, 4) is 0 Å². The lowest BCUT2D eigenvalue weighted by Gasteiger charge is -2.22. The number of para-hydroxylation sites is 1. The van der Waals surface area contributed by atoms with Crippen LogP contribution >= 0.6 is 11.8 Å². The topological polar surface area (TPSA) is 77.3 Å². The van der Waals surface area contributed by atoms with Crippen molar-refractivity contribution in [2.75, 3.05) is 18.1 Å². The van der Waals surface area contributed by atoms with Crippen LogP contribution in [0.1, 0.15) is 29.4 Å². The fourth-order valence-corrected chi connectivity index (χ4v) is 4.38. The van der Waals surface area contributed by atoms with Gasteiger partial charge in [0.1, 0.15) is 0 Å². The number of aromatic nitrogens is 3. The molecule has 0 spiro atoms. The quantitative estimate of drug-likeness (QED) is 0.587. The zero-order chi connectivity index (χ0) is 20.9. The number of benzene rings is 2. The first-order valence-electron chi connectivity index (χ1n) is 9.77. The number of amides is 1. The lowest BCUT2D eigenvalue weighted by Crippen LogP contribution is -2.35. The number of rotatable bonds is 5. The van der Waals surface area contributed by atoms with Crippen LogP contribution in [0.15, 0.2) is 65.7 Å². The molecule has 154 valence electrons. The normalized spacial score (nSPS) is 15.9. The summed E-state index contributed by atoms with van der Waals surface area (Å²) < 4.78 is 6.80. The first-order chi connectivity index (χ1) is 14.6. The van der Waals surface area contributed by atoms with Gasteiger partial charge in [0.15, 0.2) is 12.3 Å². The van der Waals surface area contributed by atoms with Gasteiger partial charge >= 0.3 is 5.97 Å². The molecule has 2 heterocycles. The van der Waals surface area contributed by atoms with Gasteiger partial charge in [0.2, 0.25) is 0 Å². The molecule has 1 aliphatic rings. The van der Waals surface area contributed by atoms with E-state index in [1.807, 2.05) is 54.6 Å². The van der Waals surface area contributed by atoms with Crippen molar-refractivity contribution in [2.45, 2.75) is 30.0 Å². The van der Waals surface area contributed by atoms with E-state index in [9.17, 15) is 9.59 Å². The van der Waals surface area contributed by atoms with E-state index >= 15 is 0 Å². The third-order valence-electron chi connectivity index (χ3n) is 4.81. The molecule has 4 rings (SSSR count). The summed E-state index contributed by atoms with van der Waals surface area (Å²) in [5, 5.41) is 8.25. The molecule has 0 saturated carbocycles. The summed E-state index contributed by atoms with van der Waals surface area (Å²) >= 11 is 1.76. The van der Waals surface area contributed by atoms with Crippen LogP contribution in [0.2, 0.25) is 0 Å². The minimum absolute atomic E-state index is 0.0826. The second-order valence-electron chi connectivity index (χ2n) is 7.09. The van der Waals surface area contributed by atoms with Gasteiger partial charge in [-0.05, 0) is 24.1 Å². The second kappa shape index (κ2) is 9.13. The number of carbonyl (C=O) groups excluding carboxylic acids is 2. The van der Waals surface area contributed by atoms with E-state index in [1.165, 1.54) is 6.20 Å². The Kier molecular flexibility index (Phi) is 6.13. The Balaban J connectivity index is 1.38. The number of esters is 1. The fourth-order valence-electron chi connectivity index (χ4n) is 3.26. The molecule has 1 amide bonds. The zero-order valence-corrected chi connectivity index (χ0v) is 17.4. The van der Waals surface area contributed by atoms with Crippen LogP contribution in [0.4, 0.5) is 5.69 Å². The van der Waals surface area contributed by atoms with Crippen LogP contribution in [-0.4, -0.2) is 45.3 Å². The minimum atomic E-state index is -0.659. The van der Waals surface area contributed by atoms with Gasteiger partial charge in [0, 0.05) is 16.7 Å². The molecule has 1 atom stereocenters. The van der Waals surface area contributed by atoms with Gasteiger partial charge in [0.25, 0.3) is 5.91 Å². The van der Waals surface area contributed by atoms with E-state index in [1.54, 1.807) is 21.3 Å². The van der Waals surface area contributed by atoms with Gasteiger partial charge in [-0.2, -0.15) is 0 Å². The van der Waals surface area contributed by atoms with Crippen molar-refractivity contribution < 1.29 is 14.3 Å². The maximum absolute atomic E-state index is 12.8. The van der Waals surface area contributed by atoms with Crippen LogP contribution in [0.5, 0.6) is 0 Å². The largest absolute Gasteiger partial charge is 0.451 e. The molecule has 30 heavy (non-hydrogen) atoms. The second-order valence-corrected chi connectivity index (χ2v) is 8.57. The van der Waals surface area contributed by atoms with Gasteiger partial charge in [-0.15, -0.1) is 16.9 Å². The number of carbonyl (C=O) groups is 2. The van der Waals surface area contributed by atoms with Gasteiger partial charge in [0.05, 0.1) is 18.4 Å². The first kappa shape index (κ1) is 20.2. The van der Waals surface area contributed by atoms with E-state index in [-0.39, 0.29) is 18.2 Å². The molecule has 0 saturated heterocycles. The van der Waals surface area contributed by atoms with Gasteiger partial charge in [-0.3, -0.25) is 4.79 Å². The van der Waals surface area contributed by atoms with Crippen molar-refractivity contribution in [3.63, 3.8) is 0 Å². The Hall–Kier alpha value is -3.13. The smallest absolute Gasteiger partial charge is 0.361 e. The molecule has 1 unspecified atom stereocenters. The Bertz CT molecular complexity index is 1040. The Labute approximate surface area is 179 Å². The van der Waals surface area contributed by atoms with E-state index < -0.39 is 5.97 Å². The summed E-state index contributed by atoms with van der Waals surface area (Å²) in [7, 11) is 0. The molecule has 3 aromatic rings. The Morgan fingerprint density at radius 2 is 1.90 bits per heavy atom. The van der Waals surface area contributed by atoms with Crippen molar-refractivity contribution in [2.24, 2.45) is 0 Å². The number of hydrogen-bond acceptors (Lipinski definition) is 6. The summed E-state index contributed by atoms with van der Waals surface area (Å²) in [6.45, 7) is 2.90. The molecule has 1 aliphatic heterocycles. The molecule has 2 aromatic carbocycles. The SMILES string of the molecule is CC1CCN(C(=O)COC(=O)c2cn(Cc3ccccc3)nn2)c2ccccc2S1. The van der Waals surface area contributed by atoms with E-state index in [2.05, 4.69) is 17.2 Å². The lowest BCUT2D eigenvalue weighted by molar-refractivity contribution is -0.121. The van der Waals surface area contributed by atoms with Crippen LogP contribution < -0.4 is 4.90 Å². The summed E-state index contributed by atoms with van der Waals surface area (Å²) in [5.74, 6) is -0.907. The van der Waals surface area contributed by atoms with E-state index in [4.69, 9.17) is 4.74 Å². The molecule has 0 fully saturated rings. The van der Waals surface area contributed by atoms with Gasteiger partial charge in [-0.1, -0.05) is 54.6 Å². The van der Waals surface area contributed by atoms with Crippen LogP contribution in [0, 0.1) is 0 Å². The lowest BCUT2D eigenvalue weighted by atomic mass is 10.2. The molecule has 8 heteroatoms. The average Bonchev–Trinajstić information content (AvgIpc) is 3.15.